The number of thiazole rings is 1. The lowest BCUT2D eigenvalue weighted by Crippen LogP contribution is -2.05. The molecule has 1 aromatic carbocycles. The summed E-state index contributed by atoms with van der Waals surface area (Å²) in [5.74, 6) is 6.67. The number of benzene rings is 1. The molecule has 4 nitrogen and oxygen atoms in total. The van der Waals surface area contributed by atoms with Crippen LogP contribution in [-0.2, 0) is 6.61 Å². The fourth-order valence-electron chi connectivity index (χ4n) is 1.56. The maximum Gasteiger partial charge on any atom is 0.197 e. The second-order valence-corrected chi connectivity index (χ2v) is 5.41. The normalized spacial score (nSPS) is 10.7. The molecule has 18 heavy (non-hydrogen) atoms. The number of aromatic nitrogens is 1. The molecule has 0 aliphatic heterocycles. The van der Waals surface area contributed by atoms with E-state index in [9.17, 15) is 0 Å². The van der Waals surface area contributed by atoms with Crippen LogP contribution in [0.15, 0.2) is 30.5 Å². The van der Waals surface area contributed by atoms with Gasteiger partial charge in [-0.15, -0.1) is 0 Å². The summed E-state index contributed by atoms with van der Waals surface area (Å²) in [6, 6.07) is 8.17. The predicted molar refractivity (Wildman–Crippen MR) is 74.8 cm³/mol. The molecule has 1 aromatic heterocycles. The van der Waals surface area contributed by atoms with E-state index in [1.807, 2.05) is 12.1 Å². The van der Waals surface area contributed by atoms with Crippen molar-refractivity contribution in [3.8, 4) is 5.75 Å². The minimum Gasteiger partial charge on any atom is -0.488 e. The van der Waals surface area contributed by atoms with Gasteiger partial charge < -0.3 is 4.74 Å². The lowest BCUT2D eigenvalue weighted by Gasteiger charge is -2.09. The zero-order valence-electron chi connectivity index (χ0n) is 10.5. The van der Waals surface area contributed by atoms with Crippen LogP contribution in [0.2, 0.25) is 0 Å². The molecule has 0 aliphatic rings. The molecular weight excluding hydrogens is 246 g/mol. The van der Waals surface area contributed by atoms with E-state index in [0.29, 0.717) is 17.7 Å². The van der Waals surface area contributed by atoms with Crippen LogP contribution in [0.3, 0.4) is 0 Å². The van der Waals surface area contributed by atoms with Crippen LogP contribution in [0.5, 0.6) is 5.75 Å². The molecule has 5 heteroatoms. The fraction of sp³-hybridized carbons (Fsp3) is 0.308. The summed E-state index contributed by atoms with van der Waals surface area (Å²) in [7, 11) is 0. The van der Waals surface area contributed by atoms with Gasteiger partial charge in [0, 0.05) is 6.20 Å². The molecule has 0 amide bonds. The highest BCUT2D eigenvalue weighted by Gasteiger charge is 2.03. The van der Waals surface area contributed by atoms with Crippen molar-refractivity contribution in [3.63, 3.8) is 0 Å². The summed E-state index contributed by atoms with van der Waals surface area (Å²) in [5.41, 5.74) is 3.80. The van der Waals surface area contributed by atoms with E-state index < -0.39 is 0 Å². The third-order valence-electron chi connectivity index (χ3n) is 2.58. The van der Waals surface area contributed by atoms with Crippen LogP contribution >= 0.6 is 11.3 Å². The zero-order chi connectivity index (χ0) is 13.0. The number of hydrogen-bond donors (Lipinski definition) is 2. The summed E-state index contributed by atoms with van der Waals surface area (Å²) in [4.78, 5) is 5.13. The van der Waals surface area contributed by atoms with E-state index in [4.69, 9.17) is 10.6 Å². The van der Waals surface area contributed by atoms with Crippen LogP contribution < -0.4 is 16.0 Å². The Kier molecular flexibility index (Phi) is 4.17. The summed E-state index contributed by atoms with van der Waals surface area (Å²) in [6.07, 6.45) is 1.77. The maximum atomic E-state index is 5.74. The topological polar surface area (TPSA) is 60.2 Å². The standard InChI is InChI=1S/C13H17N3OS/c1-9(2)10-4-3-5-11(6-10)17-8-12-7-15-13(16-14)18-12/h3-7,9H,8,14H2,1-2H3,(H,15,16). The third kappa shape index (κ3) is 3.21. The van der Waals surface area contributed by atoms with Crippen LogP contribution in [0, 0.1) is 0 Å². The second kappa shape index (κ2) is 5.84. The number of ether oxygens (including phenoxy) is 1. The van der Waals surface area contributed by atoms with Crippen LogP contribution in [0.25, 0.3) is 0 Å². The summed E-state index contributed by atoms with van der Waals surface area (Å²) in [6.45, 7) is 4.85. The number of nitrogens with two attached hydrogens (primary N) is 1. The number of nitrogen functional groups attached to an aromatic ring is 1. The van der Waals surface area contributed by atoms with Gasteiger partial charge in [0.1, 0.15) is 12.4 Å². The fourth-order valence-corrected chi connectivity index (χ4v) is 2.19. The molecule has 3 N–H and O–H groups in total. The Morgan fingerprint density at radius 2 is 2.28 bits per heavy atom. The second-order valence-electron chi connectivity index (χ2n) is 4.29. The minimum atomic E-state index is 0.505. The number of nitrogens with one attached hydrogen (secondary N) is 1. The first-order valence-electron chi connectivity index (χ1n) is 5.83. The number of hydrogen-bond acceptors (Lipinski definition) is 5. The van der Waals surface area contributed by atoms with Crippen molar-refractivity contribution < 1.29 is 4.74 Å². The molecule has 0 saturated heterocycles. The predicted octanol–water partition coefficient (Wildman–Crippen LogP) is 3.13. The molecule has 0 spiro atoms. The van der Waals surface area contributed by atoms with Gasteiger partial charge in [-0.1, -0.05) is 37.3 Å². The number of hydrazine groups is 1. The van der Waals surface area contributed by atoms with E-state index in [1.165, 1.54) is 16.9 Å². The molecule has 2 rings (SSSR count). The summed E-state index contributed by atoms with van der Waals surface area (Å²) < 4.78 is 5.74. The average molecular weight is 263 g/mol. The minimum absolute atomic E-state index is 0.505. The van der Waals surface area contributed by atoms with Gasteiger partial charge in [-0.2, -0.15) is 0 Å². The Balaban J connectivity index is 1.99. The van der Waals surface area contributed by atoms with E-state index >= 15 is 0 Å². The van der Waals surface area contributed by atoms with Gasteiger partial charge in [0.15, 0.2) is 5.13 Å². The molecule has 2 aromatic rings. The zero-order valence-corrected chi connectivity index (χ0v) is 11.3. The number of anilines is 1. The van der Waals surface area contributed by atoms with Gasteiger partial charge in [0.2, 0.25) is 0 Å². The molecule has 0 fully saturated rings. The van der Waals surface area contributed by atoms with Crippen molar-refractivity contribution in [2.75, 3.05) is 5.43 Å². The first-order chi connectivity index (χ1) is 8.69. The van der Waals surface area contributed by atoms with Crippen LogP contribution in [0.4, 0.5) is 5.13 Å². The quantitative estimate of drug-likeness (QED) is 0.642. The molecule has 0 radical (unpaired) electrons. The lowest BCUT2D eigenvalue weighted by atomic mass is 10.0. The highest BCUT2D eigenvalue weighted by molar-refractivity contribution is 7.15. The largest absolute Gasteiger partial charge is 0.488 e. The Hall–Kier alpha value is -1.59. The third-order valence-corrected chi connectivity index (χ3v) is 3.48. The van der Waals surface area contributed by atoms with Crippen molar-refractivity contribution in [1.82, 2.24) is 4.98 Å². The van der Waals surface area contributed by atoms with Gasteiger partial charge in [-0.3, -0.25) is 5.43 Å². The van der Waals surface area contributed by atoms with Crippen molar-refractivity contribution in [2.45, 2.75) is 26.4 Å². The van der Waals surface area contributed by atoms with Gasteiger partial charge in [0.05, 0.1) is 4.88 Å². The lowest BCUT2D eigenvalue weighted by molar-refractivity contribution is 0.309. The Bertz CT molecular complexity index is 510. The molecule has 1 heterocycles. The maximum absolute atomic E-state index is 5.74. The van der Waals surface area contributed by atoms with Gasteiger partial charge in [-0.05, 0) is 23.6 Å². The number of rotatable bonds is 5. The molecule has 0 aliphatic carbocycles. The molecule has 0 unspecified atom stereocenters. The smallest absolute Gasteiger partial charge is 0.197 e. The summed E-state index contributed by atoms with van der Waals surface area (Å²) >= 11 is 1.49. The summed E-state index contributed by atoms with van der Waals surface area (Å²) in [5, 5.41) is 0.699. The first-order valence-corrected chi connectivity index (χ1v) is 6.64. The van der Waals surface area contributed by atoms with E-state index in [1.54, 1.807) is 6.20 Å². The highest BCUT2D eigenvalue weighted by atomic mass is 32.1. The Morgan fingerprint density at radius 3 is 2.94 bits per heavy atom. The Labute approximate surface area is 111 Å². The average Bonchev–Trinajstić information content (AvgIpc) is 2.84. The van der Waals surface area contributed by atoms with E-state index in [2.05, 4.69) is 36.4 Å². The monoisotopic (exact) mass is 263 g/mol. The van der Waals surface area contributed by atoms with Gasteiger partial charge >= 0.3 is 0 Å². The van der Waals surface area contributed by atoms with E-state index in [0.717, 1.165) is 10.6 Å². The molecule has 0 atom stereocenters. The van der Waals surface area contributed by atoms with Gasteiger partial charge in [0.25, 0.3) is 0 Å². The Morgan fingerprint density at radius 1 is 1.44 bits per heavy atom. The van der Waals surface area contributed by atoms with Crippen molar-refractivity contribution >= 4 is 16.5 Å². The number of nitrogens with zero attached hydrogens (tertiary/aromatic N) is 1. The van der Waals surface area contributed by atoms with Crippen molar-refractivity contribution in [1.29, 1.82) is 0 Å². The van der Waals surface area contributed by atoms with Crippen LogP contribution in [0.1, 0.15) is 30.2 Å². The van der Waals surface area contributed by atoms with Crippen molar-refractivity contribution in [3.05, 3.63) is 40.9 Å². The molecular formula is C13H17N3OS. The SMILES string of the molecule is CC(C)c1cccc(OCc2cnc(NN)s2)c1. The van der Waals surface area contributed by atoms with Crippen molar-refractivity contribution in [2.24, 2.45) is 5.84 Å². The molecule has 0 bridgehead atoms. The molecule has 96 valence electrons. The van der Waals surface area contributed by atoms with E-state index in [-0.39, 0.29) is 0 Å². The van der Waals surface area contributed by atoms with Crippen LogP contribution in [-0.4, -0.2) is 4.98 Å². The molecule has 0 saturated carbocycles. The van der Waals surface area contributed by atoms with Gasteiger partial charge in [-0.25, -0.2) is 10.8 Å². The highest BCUT2D eigenvalue weighted by Crippen LogP contribution is 2.22. The first kappa shape index (κ1) is 12.9.